The number of hydrogen-bond donors (Lipinski definition) is 1. The maximum absolute atomic E-state index is 13.7. The van der Waals surface area contributed by atoms with Gasteiger partial charge in [-0.05, 0) is 30.5 Å². The molecule has 2 unspecified atom stereocenters. The van der Waals surface area contributed by atoms with E-state index in [0.29, 0.717) is 18.5 Å². The molecule has 94 valence electrons. The Morgan fingerprint density at radius 1 is 1.35 bits per heavy atom. The predicted molar refractivity (Wildman–Crippen MR) is 65.0 cm³/mol. The fourth-order valence-electron chi connectivity index (χ4n) is 2.43. The van der Waals surface area contributed by atoms with Crippen LogP contribution in [0.25, 0.3) is 0 Å². The zero-order valence-corrected chi connectivity index (χ0v) is 10.3. The molecule has 1 heterocycles. The van der Waals surface area contributed by atoms with E-state index in [9.17, 15) is 12.8 Å². The smallest absolute Gasteiger partial charge is 0.150 e. The van der Waals surface area contributed by atoms with Crippen molar-refractivity contribution in [1.82, 2.24) is 0 Å². The van der Waals surface area contributed by atoms with Gasteiger partial charge < -0.3 is 5.73 Å². The molecule has 2 atom stereocenters. The molecule has 0 spiro atoms. The second kappa shape index (κ2) is 4.74. The van der Waals surface area contributed by atoms with Gasteiger partial charge in [0.2, 0.25) is 0 Å². The molecular formula is C12H16FNO2S. The SMILES string of the molecule is NCC1CCS(=O)(=O)CC1c1ccccc1F. The van der Waals surface area contributed by atoms with E-state index < -0.39 is 9.84 Å². The first-order chi connectivity index (χ1) is 8.03. The largest absolute Gasteiger partial charge is 0.330 e. The summed E-state index contributed by atoms with van der Waals surface area (Å²) in [6.07, 6.45) is 0.526. The van der Waals surface area contributed by atoms with E-state index in [4.69, 9.17) is 5.73 Å². The quantitative estimate of drug-likeness (QED) is 0.868. The highest BCUT2D eigenvalue weighted by Crippen LogP contribution is 2.34. The van der Waals surface area contributed by atoms with Gasteiger partial charge in [0.1, 0.15) is 5.82 Å². The van der Waals surface area contributed by atoms with Crippen molar-refractivity contribution in [3.63, 3.8) is 0 Å². The minimum absolute atomic E-state index is 0.00972. The first kappa shape index (κ1) is 12.5. The predicted octanol–water partition coefficient (Wildman–Crippen LogP) is 1.30. The van der Waals surface area contributed by atoms with Gasteiger partial charge in [-0.25, -0.2) is 12.8 Å². The molecule has 1 aliphatic heterocycles. The van der Waals surface area contributed by atoms with Crippen molar-refractivity contribution in [2.45, 2.75) is 12.3 Å². The average Bonchev–Trinajstić information content (AvgIpc) is 2.28. The second-order valence-electron chi connectivity index (χ2n) is 4.53. The lowest BCUT2D eigenvalue weighted by Gasteiger charge is -2.31. The minimum atomic E-state index is -3.06. The summed E-state index contributed by atoms with van der Waals surface area (Å²) in [5, 5.41) is 0. The second-order valence-corrected chi connectivity index (χ2v) is 6.76. The third kappa shape index (κ3) is 2.66. The molecule has 0 bridgehead atoms. The highest BCUT2D eigenvalue weighted by atomic mass is 32.2. The Balaban J connectivity index is 2.36. The third-order valence-corrected chi connectivity index (χ3v) is 5.13. The number of hydrogen-bond acceptors (Lipinski definition) is 3. The van der Waals surface area contributed by atoms with Gasteiger partial charge in [0.25, 0.3) is 0 Å². The van der Waals surface area contributed by atoms with Gasteiger partial charge in [-0.15, -0.1) is 0 Å². The Morgan fingerprint density at radius 3 is 2.71 bits per heavy atom. The Labute approximate surface area is 101 Å². The summed E-state index contributed by atoms with van der Waals surface area (Å²) in [6.45, 7) is 0.397. The van der Waals surface area contributed by atoms with Gasteiger partial charge in [0.05, 0.1) is 11.5 Å². The van der Waals surface area contributed by atoms with E-state index in [2.05, 4.69) is 0 Å². The van der Waals surface area contributed by atoms with Gasteiger partial charge in [0, 0.05) is 5.92 Å². The van der Waals surface area contributed by atoms with Crippen LogP contribution in [0.1, 0.15) is 17.9 Å². The number of sulfone groups is 1. The molecule has 5 heteroatoms. The average molecular weight is 257 g/mol. The lowest BCUT2D eigenvalue weighted by Crippen LogP contribution is -2.35. The monoisotopic (exact) mass is 257 g/mol. The standard InChI is InChI=1S/C12H16FNO2S/c13-12-4-2-1-3-10(12)11-8-17(15,16)6-5-9(11)7-14/h1-4,9,11H,5-8,14H2. The van der Waals surface area contributed by atoms with Crippen LogP contribution in [-0.4, -0.2) is 26.5 Å². The fourth-order valence-corrected chi connectivity index (χ4v) is 4.25. The highest BCUT2D eigenvalue weighted by Gasteiger charge is 2.34. The Morgan fingerprint density at radius 2 is 2.06 bits per heavy atom. The maximum Gasteiger partial charge on any atom is 0.150 e. The first-order valence-electron chi connectivity index (χ1n) is 5.68. The van der Waals surface area contributed by atoms with Crippen LogP contribution in [0.5, 0.6) is 0 Å². The third-order valence-electron chi connectivity index (χ3n) is 3.41. The van der Waals surface area contributed by atoms with Crippen LogP contribution < -0.4 is 5.73 Å². The molecular weight excluding hydrogens is 241 g/mol. The zero-order chi connectivity index (χ0) is 12.5. The van der Waals surface area contributed by atoms with Gasteiger partial charge in [-0.1, -0.05) is 18.2 Å². The number of rotatable bonds is 2. The molecule has 1 aromatic carbocycles. The number of halogens is 1. The van der Waals surface area contributed by atoms with Gasteiger partial charge in [-0.3, -0.25) is 0 Å². The molecule has 0 saturated carbocycles. The molecule has 2 N–H and O–H groups in total. The van der Waals surface area contributed by atoms with Crippen LogP contribution in [0.2, 0.25) is 0 Å². The molecule has 17 heavy (non-hydrogen) atoms. The van der Waals surface area contributed by atoms with Crippen LogP contribution in [-0.2, 0) is 9.84 Å². The first-order valence-corrected chi connectivity index (χ1v) is 7.50. The van der Waals surface area contributed by atoms with Gasteiger partial charge in [-0.2, -0.15) is 0 Å². The summed E-state index contributed by atoms with van der Waals surface area (Å²) in [4.78, 5) is 0. The van der Waals surface area contributed by atoms with E-state index in [1.807, 2.05) is 0 Å². The topological polar surface area (TPSA) is 60.2 Å². The van der Waals surface area contributed by atoms with Gasteiger partial charge in [0.15, 0.2) is 9.84 Å². The van der Waals surface area contributed by atoms with E-state index >= 15 is 0 Å². The van der Waals surface area contributed by atoms with Gasteiger partial charge >= 0.3 is 0 Å². The van der Waals surface area contributed by atoms with Crippen molar-refractivity contribution in [3.8, 4) is 0 Å². The summed E-state index contributed by atoms with van der Waals surface area (Å²) in [7, 11) is -3.06. The molecule has 1 aliphatic rings. The van der Waals surface area contributed by atoms with Crippen LogP contribution in [0.3, 0.4) is 0 Å². The van der Waals surface area contributed by atoms with Crippen molar-refractivity contribution in [1.29, 1.82) is 0 Å². The van der Waals surface area contributed by atoms with E-state index in [-0.39, 0.29) is 29.2 Å². The minimum Gasteiger partial charge on any atom is -0.330 e. The number of nitrogens with two attached hydrogens (primary N) is 1. The Hall–Kier alpha value is -0.940. The van der Waals surface area contributed by atoms with Crippen molar-refractivity contribution >= 4 is 9.84 Å². The van der Waals surface area contributed by atoms with Crippen molar-refractivity contribution in [2.24, 2.45) is 11.7 Å². The zero-order valence-electron chi connectivity index (χ0n) is 9.47. The van der Waals surface area contributed by atoms with E-state index in [1.165, 1.54) is 6.07 Å². The highest BCUT2D eigenvalue weighted by molar-refractivity contribution is 7.91. The molecule has 0 amide bonds. The number of benzene rings is 1. The summed E-state index contributed by atoms with van der Waals surface area (Å²) in [5.41, 5.74) is 6.13. The van der Waals surface area contributed by atoms with Crippen LogP contribution in [0.15, 0.2) is 24.3 Å². The van der Waals surface area contributed by atoms with Crippen molar-refractivity contribution in [2.75, 3.05) is 18.1 Å². The van der Waals surface area contributed by atoms with Crippen LogP contribution >= 0.6 is 0 Å². The molecule has 0 aromatic heterocycles. The maximum atomic E-state index is 13.7. The fraction of sp³-hybridized carbons (Fsp3) is 0.500. The Kier molecular flexibility index (Phi) is 3.49. The summed E-state index contributed by atoms with van der Waals surface area (Å²) in [5.74, 6) is -0.418. The molecule has 1 fully saturated rings. The van der Waals surface area contributed by atoms with Crippen LogP contribution in [0, 0.1) is 11.7 Å². The van der Waals surface area contributed by atoms with Crippen LogP contribution in [0.4, 0.5) is 4.39 Å². The summed E-state index contributed by atoms with van der Waals surface area (Å²) >= 11 is 0. The summed E-state index contributed by atoms with van der Waals surface area (Å²) < 4.78 is 37.0. The Bertz CT molecular complexity index is 501. The molecule has 0 aliphatic carbocycles. The lowest BCUT2D eigenvalue weighted by molar-refractivity contribution is 0.409. The van der Waals surface area contributed by atoms with Crippen molar-refractivity contribution in [3.05, 3.63) is 35.6 Å². The van der Waals surface area contributed by atoms with E-state index in [0.717, 1.165) is 0 Å². The molecule has 3 nitrogen and oxygen atoms in total. The molecule has 1 saturated heterocycles. The normalized spacial score (nSPS) is 27.9. The lowest BCUT2D eigenvalue weighted by atomic mass is 9.85. The molecule has 0 radical (unpaired) electrons. The van der Waals surface area contributed by atoms with Crippen molar-refractivity contribution < 1.29 is 12.8 Å². The van der Waals surface area contributed by atoms with E-state index in [1.54, 1.807) is 18.2 Å². The molecule has 1 aromatic rings. The molecule has 2 rings (SSSR count). The summed E-state index contributed by atoms with van der Waals surface area (Å²) in [6, 6.07) is 6.36.